The fourth-order valence-electron chi connectivity index (χ4n) is 3.67. The number of pyridine rings is 1. The van der Waals surface area contributed by atoms with E-state index < -0.39 is 11.1 Å². The largest absolute Gasteiger partial charge is 0.369 e. The number of halogens is 1. The molecule has 0 aliphatic carbocycles. The molecule has 2 saturated heterocycles. The van der Waals surface area contributed by atoms with Crippen LogP contribution in [0.15, 0.2) is 41.6 Å². The smallest absolute Gasteiger partial charge is 0.290 e. The molecule has 2 fully saturated rings. The van der Waals surface area contributed by atoms with Gasteiger partial charge in [-0.25, -0.2) is 14.4 Å². The Kier molecular flexibility index (Phi) is 4.95. The SMILES string of the molecule is CN1CCN(c2ccc(-n3cnc4ccc(/C=C5\SC(=O)NC5=O)nc43)c(F)c2)CC1. The Morgan fingerprint density at radius 2 is 1.94 bits per heavy atom. The molecule has 0 unspecified atom stereocenters. The Balaban J connectivity index is 1.48. The average Bonchev–Trinajstić information content (AvgIpc) is 3.30. The standard InChI is InChI=1S/C21H19FN6O2S/c1-26-6-8-27(9-7-26)14-3-5-17(15(22)11-14)28-12-23-16-4-2-13(24-19(16)28)10-18-20(29)25-21(30)31-18/h2-5,10-12H,6-9H2,1H3,(H,25,29,30)/b18-10-. The first-order valence-electron chi connectivity index (χ1n) is 9.80. The molecular formula is C21H19FN6O2S. The van der Waals surface area contributed by atoms with E-state index in [1.807, 2.05) is 6.07 Å². The van der Waals surface area contributed by atoms with E-state index in [9.17, 15) is 9.59 Å². The highest BCUT2D eigenvalue weighted by Crippen LogP contribution is 2.27. The van der Waals surface area contributed by atoms with Gasteiger partial charge in [0, 0.05) is 31.9 Å². The van der Waals surface area contributed by atoms with Crippen LogP contribution in [0.1, 0.15) is 5.69 Å². The van der Waals surface area contributed by atoms with Crippen LogP contribution in [0.4, 0.5) is 14.9 Å². The molecule has 0 spiro atoms. The van der Waals surface area contributed by atoms with E-state index in [4.69, 9.17) is 0 Å². The summed E-state index contributed by atoms with van der Waals surface area (Å²) in [6.07, 6.45) is 3.07. The summed E-state index contributed by atoms with van der Waals surface area (Å²) in [5.41, 5.74) is 2.75. The number of hydrogen-bond donors (Lipinski definition) is 1. The van der Waals surface area contributed by atoms with Gasteiger partial charge >= 0.3 is 0 Å². The van der Waals surface area contributed by atoms with Gasteiger partial charge in [0.05, 0.1) is 16.3 Å². The van der Waals surface area contributed by atoms with Crippen LogP contribution >= 0.6 is 11.8 Å². The fraction of sp³-hybridized carbons (Fsp3) is 0.238. The highest BCUT2D eigenvalue weighted by Gasteiger charge is 2.25. The topological polar surface area (TPSA) is 83.4 Å². The normalized spacial score (nSPS) is 18.9. The molecule has 2 amide bonds. The predicted molar refractivity (Wildman–Crippen MR) is 118 cm³/mol. The number of nitrogens with zero attached hydrogens (tertiary/aromatic N) is 5. The van der Waals surface area contributed by atoms with E-state index >= 15 is 4.39 Å². The second kappa shape index (κ2) is 7.78. The summed E-state index contributed by atoms with van der Waals surface area (Å²) in [4.78, 5) is 36.7. The van der Waals surface area contributed by atoms with Crippen molar-refractivity contribution in [3.63, 3.8) is 0 Å². The minimum atomic E-state index is -0.448. The molecule has 2 aliphatic heterocycles. The van der Waals surface area contributed by atoms with Crippen molar-refractivity contribution in [3.05, 3.63) is 53.1 Å². The number of aromatic nitrogens is 3. The minimum absolute atomic E-state index is 0.269. The zero-order valence-electron chi connectivity index (χ0n) is 16.7. The lowest BCUT2D eigenvalue weighted by atomic mass is 10.2. The lowest BCUT2D eigenvalue weighted by Gasteiger charge is -2.34. The van der Waals surface area contributed by atoms with Crippen LogP contribution in [0.25, 0.3) is 22.9 Å². The third-order valence-corrected chi connectivity index (χ3v) is 6.21. The fourth-order valence-corrected chi connectivity index (χ4v) is 4.34. The van der Waals surface area contributed by atoms with Crippen LogP contribution in [0.5, 0.6) is 0 Å². The molecule has 4 heterocycles. The lowest BCUT2D eigenvalue weighted by molar-refractivity contribution is -0.115. The van der Waals surface area contributed by atoms with E-state index in [2.05, 4.69) is 32.1 Å². The Bertz CT molecular complexity index is 1230. The lowest BCUT2D eigenvalue weighted by Crippen LogP contribution is -2.44. The van der Waals surface area contributed by atoms with Crippen molar-refractivity contribution in [2.75, 3.05) is 38.1 Å². The van der Waals surface area contributed by atoms with E-state index in [1.165, 1.54) is 12.4 Å². The second-order valence-corrected chi connectivity index (χ2v) is 8.49. The van der Waals surface area contributed by atoms with Crippen molar-refractivity contribution in [2.24, 2.45) is 0 Å². The van der Waals surface area contributed by atoms with Gasteiger partial charge in [0.1, 0.15) is 17.7 Å². The first-order valence-corrected chi connectivity index (χ1v) is 10.6. The summed E-state index contributed by atoms with van der Waals surface area (Å²) in [6, 6.07) is 8.64. The highest BCUT2D eigenvalue weighted by atomic mass is 32.2. The maximum Gasteiger partial charge on any atom is 0.290 e. The van der Waals surface area contributed by atoms with Gasteiger partial charge in [-0.3, -0.25) is 19.5 Å². The molecule has 3 aromatic rings. The first-order chi connectivity index (χ1) is 15.0. The van der Waals surface area contributed by atoms with Gasteiger partial charge in [-0.2, -0.15) is 0 Å². The van der Waals surface area contributed by atoms with Crippen LogP contribution < -0.4 is 10.2 Å². The molecule has 0 saturated carbocycles. The molecule has 10 heteroatoms. The molecule has 31 heavy (non-hydrogen) atoms. The second-order valence-electron chi connectivity index (χ2n) is 7.47. The molecule has 0 bridgehead atoms. The highest BCUT2D eigenvalue weighted by molar-refractivity contribution is 8.18. The average molecular weight is 438 g/mol. The minimum Gasteiger partial charge on any atom is -0.369 e. The van der Waals surface area contributed by atoms with Gasteiger partial charge < -0.3 is 9.80 Å². The summed E-state index contributed by atoms with van der Waals surface area (Å²) in [5, 5.41) is 1.80. The summed E-state index contributed by atoms with van der Waals surface area (Å²) < 4.78 is 16.7. The summed E-state index contributed by atoms with van der Waals surface area (Å²) >= 11 is 0.826. The Morgan fingerprint density at radius 1 is 1.13 bits per heavy atom. The number of fused-ring (bicyclic) bond motifs is 1. The number of benzene rings is 1. The first kappa shape index (κ1) is 19.7. The molecule has 8 nitrogen and oxygen atoms in total. The molecule has 5 rings (SSSR count). The number of likely N-dealkylation sites (N-methyl/N-ethyl adjacent to an activating group) is 1. The van der Waals surface area contributed by atoms with Crippen molar-refractivity contribution in [3.8, 4) is 5.69 Å². The maximum absolute atomic E-state index is 15.1. The number of anilines is 1. The molecule has 2 aromatic heterocycles. The molecule has 158 valence electrons. The van der Waals surface area contributed by atoms with Crippen LogP contribution in [0.3, 0.4) is 0 Å². The van der Waals surface area contributed by atoms with Crippen molar-refractivity contribution in [1.82, 2.24) is 24.8 Å². The zero-order chi connectivity index (χ0) is 21.5. The monoisotopic (exact) mass is 438 g/mol. The number of carbonyl (C=O) groups excluding carboxylic acids is 2. The number of hydrogen-bond acceptors (Lipinski definition) is 7. The van der Waals surface area contributed by atoms with Gasteiger partial charge in [-0.05, 0) is 55.2 Å². The van der Waals surface area contributed by atoms with Crippen molar-refractivity contribution in [1.29, 1.82) is 0 Å². The van der Waals surface area contributed by atoms with Crippen LogP contribution in [-0.4, -0.2) is 63.8 Å². The number of thioether (sulfide) groups is 1. The number of amides is 2. The number of piperazine rings is 1. The van der Waals surface area contributed by atoms with Gasteiger partial charge in [0.2, 0.25) is 0 Å². The third kappa shape index (κ3) is 3.79. The molecule has 1 N–H and O–H groups in total. The maximum atomic E-state index is 15.1. The molecule has 1 aromatic carbocycles. The molecular weight excluding hydrogens is 419 g/mol. The number of rotatable bonds is 3. The molecule has 0 atom stereocenters. The van der Waals surface area contributed by atoms with Crippen molar-refractivity contribution < 1.29 is 14.0 Å². The third-order valence-electron chi connectivity index (χ3n) is 5.40. The van der Waals surface area contributed by atoms with E-state index in [0.29, 0.717) is 22.5 Å². The van der Waals surface area contributed by atoms with Crippen molar-refractivity contribution >= 4 is 45.8 Å². The Hall–Kier alpha value is -3.24. The Morgan fingerprint density at radius 3 is 2.65 bits per heavy atom. The predicted octanol–water partition coefficient (Wildman–Crippen LogP) is 2.64. The van der Waals surface area contributed by atoms with E-state index in [-0.39, 0.29) is 10.7 Å². The van der Waals surface area contributed by atoms with E-state index in [0.717, 1.165) is 43.6 Å². The number of imidazole rings is 1. The van der Waals surface area contributed by atoms with Crippen LogP contribution in [-0.2, 0) is 4.79 Å². The van der Waals surface area contributed by atoms with Crippen LogP contribution in [0.2, 0.25) is 0 Å². The van der Waals surface area contributed by atoms with Gasteiger partial charge in [-0.15, -0.1) is 0 Å². The quantitative estimate of drug-likeness (QED) is 0.630. The summed E-state index contributed by atoms with van der Waals surface area (Å²) in [6.45, 7) is 3.60. The Labute approximate surface area is 181 Å². The van der Waals surface area contributed by atoms with E-state index in [1.54, 1.807) is 28.8 Å². The molecule has 0 radical (unpaired) electrons. The summed E-state index contributed by atoms with van der Waals surface area (Å²) in [5.74, 6) is -0.812. The van der Waals surface area contributed by atoms with Crippen LogP contribution in [0, 0.1) is 5.82 Å². The van der Waals surface area contributed by atoms with Gasteiger partial charge in [0.15, 0.2) is 5.65 Å². The number of nitrogens with one attached hydrogen (secondary N) is 1. The van der Waals surface area contributed by atoms with Gasteiger partial charge in [-0.1, -0.05) is 0 Å². The molecule has 2 aliphatic rings. The van der Waals surface area contributed by atoms with Gasteiger partial charge in [0.25, 0.3) is 11.1 Å². The number of imide groups is 1. The summed E-state index contributed by atoms with van der Waals surface area (Å²) in [7, 11) is 2.08. The number of carbonyl (C=O) groups is 2. The zero-order valence-corrected chi connectivity index (χ0v) is 17.5. The van der Waals surface area contributed by atoms with Crippen molar-refractivity contribution in [2.45, 2.75) is 0 Å².